The molecule has 0 fully saturated rings. The Kier molecular flexibility index (Phi) is 3.36. The first-order valence-corrected chi connectivity index (χ1v) is 7.03. The zero-order valence-corrected chi connectivity index (χ0v) is 12.2. The van der Waals surface area contributed by atoms with Gasteiger partial charge in [0.25, 0.3) is 5.91 Å². The average Bonchev–Trinajstić information content (AvgIpc) is 2.86. The number of nitrogen functional groups attached to an aromatic ring is 1. The molecule has 3 N–H and O–H groups in total. The largest absolute Gasteiger partial charge is 0.480 e. The van der Waals surface area contributed by atoms with Gasteiger partial charge in [-0.3, -0.25) is 4.79 Å². The van der Waals surface area contributed by atoms with Crippen molar-refractivity contribution in [1.82, 2.24) is 0 Å². The fourth-order valence-corrected chi connectivity index (χ4v) is 2.57. The molecule has 3 rings (SSSR count). The van der Waals surface area contributed by atoms with E-state index in [0.29, 0.717) is 17.8 Å². The van der Waals surface area contributed by atoms with E-state index in [4.69, 9.17) is 10.5 Å². The number of carbonyl (C=O) groups excluding carboxylic acids is 1. The van der Waals surface area contributed by atoms with Gasteiger partial charge in [0.05, 0.1) is 11.4 Å². The number of anilines is 2. The van der Waals surface area contributed by atoms with E-state index in [0.717, 1.165) is 15.8 Å². The molecule has 1 heterocycles. The molecule has 0 spiro atoms. The molecule has 102 valence electrons. The monoisotopic (exact) mass is 332 g/mol. The predicted octanol–water partition coefficient (Wildman–Crippen LogP) is 2.97. The lowest BCUT2D eigenvalue weighted by Gasteiger charge is -2.13. The Morgan fingerprint density at radius 1 is 1.30 bits per heavy atom. The van der Waals surface area contributed by atoms with Crippen LogP contribution in [-0.4, -0.2) is 12.0 Å². The number of nitrogens with one attached hydrogen (secondary N) is 1. The van der Waals surface area contributed by atoms with Crippen LogP contribution in [-0.2, 0) is 11.2 Å². The van der Waals surface area contributed by atoms with Crippen molar-refractivity contribution in [3.05, 3.63) is 52.5 Å². The summed E-state index contributed by atoms with van der Waals surface area (Å²) >= 11 is 3.33. The van der Waals surface area contributed by atoms with Gasteiger partial charge in [-0.25, -0.2) is 0 Å². The van der Waals surface area contributed by atoms with Crippen LogP contribution in [0.15, 0.2) is 46.9 Å². The normalized spacial score (nSPS) is 16.4. The third-order valence-corrected chi connectivity index (χ3v) is 3.70. The topological polar surface area (TPSA) is 64.3 Å². The van der Waals surface area contributed by atoms with Crippen molar-refractivity contribution in [2.24, 2.45) is 0 Å². The molecule has 0 aromatic heterocycles. The lowest BCUT2D eigenvalue weighted by Crippen LogP contribution is -2.31. The molecule has 0 bridgehead atoms. The maximum absolute atomic E-state index is 12.2. The molecule has 1 unspecified atom stereocenters. The number of carbonyl (C=O) groups is 1. The number of para-hydroxylation sites is 1. The first kappa shape index (κ1) is 13.0. The standard InChI is InChI=1S/C15H13BrN2O2/c16-10-5-6-12(11(17)8-10)18-15(19)14-7-9-3-1-2-4-13(9)20-14/h1-6,8,14H,7,17H2,(H,18,19). The number of nitrogens with two attached hydrogens (primary N) is 1. The zero-order chi connectivity index (χ0) is 14.1. The minimum absolute atomic E-state index is 0.185. The third kappa shape index (κ3) is 2.49. The Morgan fingerprint density at radius 2 is 2.10 bits per heavy atom. The fourth-order valence-electron chi connectivity index (χ4n) is 2.19. The van der Waals surface area contributed by atoms with Crippen LogP contribution in [0, 0.1) is 0 Å². The minimum atomic E-state index is -0.504. The lowest BCUT2D eigenvalue weighted by molar-refractivity contribution is -0.122. The van der Waals surface area contributed by atoms with Crippen LogP contribution in [0.25, 0.3) is 0 Å². The van der Waals surface area contributed by atoms with E-state index in [2.05, 4.69) is 21.2 Å². The van der Waals surface area contributed by atoms with Gasteiger partial charge in [0.15, 0.2) is 6.10 Å². The van der Waals surface area contributed by atoms with Crippen LogP contribution in [0.5, 0.6) is 5.75 Å². The number of hydrogen-bond acceptors (Lipinski definition) is 3. The summed E-state index contributed by atoms with van der Waals surface area (Å²) < 4.78 is 6.52. The number of fused-ring (bicyclic) bond motifs is 1. The molecular weight excluding hydrogens is 320 g/mol. The van der Waals surface area contributed by atoms with E-state index in [-0.39, 0.29) is 5.91 Å². The summed E-state index contributed by atoms with van der Waals surface area (Å²) in [6.07, 6.45) is 0.0776. The van der Waals surface area contributed by atoms with Crippen molar-refractivity contribution < 1.29 is 9.53 Å². The van der Waals surface area contributed by atoms with Gasteiger partial charge in [-0.15, -0.1) is 0 Å². The Balaban J connectivity index is 1.72. The summed E-state index contributed by atoms with van der Waals surface area (Å²) in [6.45, 7) is 0. The van der Waals surface area contributed by atoms with Gasteiger partial charge in [0, 0.05) is 10.9 Å². The van der Waals surface area contributed by atoms with Gasteiger partial charge in [-0.1, -0.05) is 34.1 Å². The van der Waals surface area contributed by atoms with Crippen molar-refractivity contribution >= 4 is 33.2 Å². The molecule has 1 aliphatic heterocycles. The molecule has 0 aliphatic carbocycles. The maximum Gasteiger partial charge on any atom is 0.265 e. The highest BCUT2D eigenvalue weighted by molar-refractivity contribution is 9.10. The van der Waals surface area contributed by atoms with Crippen LogP contribution >= 0.6 is 15.9 Å². The Morgan fingerprint density at radius 3 is 2.85 bits per heavy atom. The molecule has 20 heavy (non-hydrogen) atoms. The van der Waals surface area contributed by atoms with Crippen LogP contribution in [0.4, 0.5) is 11.4 Å². The van der Waals surface area contributed by atoms with Gasteiger partial charge in [-0.05, 0) is 29.8 Å². The second-order valence-electron chi connectivity index (χ2n) is 4.64. The van der Waals surface area contributed by atoms with E-state index >= 15 is 0 Å². The highest BCUT2D eigenvalue weighted by Crippen LogP contribution is 2.29. The Bertz CT molecular complexity index is 648. The lowest BCUT2D eigenvalue weighted by atomic mass is 10.1. The number of benzene rings is 2. The molecule has 0 radical (unpaired) electrons. The zero-order valence-electron chi connectivity index (χ0n) is 10.6. The Hall–Kier alpha value is -2.01. The molecule has 0 saturated heterocycles. The average molecular weight is 333 g/mol. The van der Waals surface area contributed by atoms with Crippen molar-refractivity contribution in [2.45, 2.75) is 12.5 Å². The van der Waals surface area contributed by atoms with Crippen molar-refractivity contribution in [3.63, 3.8) is 0 Å². The van der Waals surface area contributed by atoms with E-state index in [1.165, 1.54) is 0 Å². The second kappa shape index (κ2) is 5.17. The Labute approximate surface area is 125 Å². The highest BCUT2D eigenvalue weighted by atomic mass is 79.9. The molecule has 5 heteroatoms. The summed E-state index contributed by atoms with van der Waals surface area (Å²) in [5, 5.41) is 2.80. The third-order valence-electron chi connectivity index (χ3n) is 3.21. The molecule has 2 aromatic rings. The fraction of sp³-hybridized carbons (Fsp3) is 0.133. The number of ether oxygens (including phenoxy) is 1. The van der Waals surface area contributed by atoms with Crippen LogP contribution in [0.1, 0.15) is 5.56 Å². The predicted molar refractivity (Wildman–Crippen MR) is 81.7 cm³/mol. The van der Waals surface area contributed by atoms with Crippen molar-refractivity contribution in [2.75, 3.05) is 11.1 Å². The molecular formula is C15H13BrN2O2. The van der Waals surface area contributed by atoms with Gasteiger partial charge in [-0.2, -0.15) is 0 Å². The summed E-state index contributed by atoms with van der Waals surface area (Å²) in [4.78, 5) is 12.2. The van der Waals surface area contributed by atoms with Crippen molar-refractivity contribution in [3.8, 4) is 5.75 Å². The second-order valence-corrected chi connectivity index (χ2v) is 5.55. The molecule has 1 aliphatic rings. The molecule has 2 aromatic carbocycles. The maximum atomic E-state index is 12.2. The van der Waals surface area contributed by atoms with E-state index < -0.39 is 6.10 Å². The summed E-state index contributed by atoms with van der Waals surface area (Å²) in [6, 6.07) is 13.0. The molecule has 1 atom stereocenters. The summed E-state index contributed by atoms with van der Waals surface area (Å²) in [5.74, 6) is 0.589. The minimum Gasteiger partial charge on any atom is -0.480 e. The van der Waals surface area contributed by atoms with Crippen molar-refractivity contribution in [1.29, 1.82) is 0 Å². The summed E-state index contributed by atoms with van der Waals surface area (Å²) in [5.41, 5.74) is 8.03. The van der Waals surface area contributed by atoms with Crippen LogP contribution in [0.2, 0.25) is 0 Å². The van der Waals surface area contributed by atoms with Gasteiger partial charge in [0.1, 0.15) is 5.75 Å². The first-order chi connectivity index (χ1) is 9.63. The van der Waals surface area contributed by atoms with E-state index in [1.54, 1.807) is 12.1 Å². The highest BCUT2D eigenvalue weighted by Gasteiger charge is 2.28. The van der Waals surface area contributed by atoms with E-state index in [1.807, 2.05) is 30.3 Å². The van der Waals surface area contributed by atoms with Gasteiger partial charge < -0.3 is 15.8 Å². The van der Waals surface area contributed by atoms with Gasteiger partial charge >= 0.3 is 0 Å². The number of hydrogen-bond donors (Lipinski definition) is 2. The SMILES string of the molecule is Nc1cc(Br)ccc1NC(=O)C1Cc2ccccc2O1. The molecule has 4 nitrogen and oxygen atoms in total. The quantitative estimate of drug-likeness (QED) is 0.831. The first-order valence-electron chi connectivity index (χ1n) is 6.24. The molecule has 0 saturated carbocycles. The summed E-state index contributed by atoms with van der Waals surface area (Å²) in [7, 11) is 0. The molecule has 1 amide bonds. The number of amides is 1. The number of halogens is 1. The van der Waals surface area contributed by atoms with Crippen LogP contribution in [0.3, 0.4) is 0 Å². The van der Waals surface area contributed by atoms with Gasteiger partial charge in [0.2, 0.25) is 0 Å². The number of rotatable bonds is 2. The van der Waals surface area contributed by atoms with E-state index in [9.17, 15) is 4.79 Å². The van der Waals surface area contributed by atoms with Crippen LogP contribution < -0.4 is 15.8 Å². The smallest absolute Gasteiger partial charge is 0.265 e.